The molecule has 0 bridgehead atoms. The number of para-hydroxylation sites is 1. The maximum Gasteiger partial charge on any atom is 0.161 e. The molecule has 0 spiro atoms. The first-order chi connectivity index (χ1) is 8.86. The van der Waals surface area contributed by atoms with Crippen LogP contribution < -0.4 is 4.90 Å². The van der Waals surface area contributed by atoms with E-state index in [2.05, 4.69) is 29.2 Å². The van der Waals surface area contributed by atoms with E-state index in [-0.39, 0.29) is 6.23 Å². The second-order valence-electron chi connectivity index (χ2n) is 4.17. The molecule has 2 aromatic carbocycles. The predicted molar refractivity (Wildman–Crippen MR) is 76.7 cm³/mol. The highest BCUT2D eigenvalue weighted by Gasteiger charge is 2.31. The average molecular weight is 255 g/mol. The van der Waals surface area contributed by atoms with Crippen molar-refractivity contribution in [1.29, 1.82) is 0 Å². The molecule has 1 saturated heterocycles. The monoisotopic (exact) mass is 255 g/mol. The van der Waals surface area contributed by atoms with Gasteiger partial charge in [-0.15, -0.1) is 0 Å². The van der Waals surface area contributed by atoms with E-state index in [9.17, 15) is 0 Å². The molecule has 18 heavy (non-hydrogen) atoms. The fraction of sp³-hybridized carbons (Fsp3) is 0.133. The van der Waals surface area contributed by atoms with Gasteiger partial charge < -0.3 is 9.64 Å². The van der Waals surface area contributed by atoms with Gasteiger partial charge in [-0.2, -0.15) is 0 Å². The summed E-state index contributed by atoms with van der Waals surface area (Å²) in [5.41, 5.74) is 2.20. The Morgan fingerprint density at radius 3 is 2.22 bits per heavy atom. The largest absolute Gasteiger partial charge is 0.347 e. The summed E-state index contributed by atoms with van der Waals surface area (Å²) in [6.07, 6.45) is -0.110. The van der Waals surface area contributed by atoms with E-state index in [4.69, 9.17) is 17.0 Å². The lowest BCUT2D eigenvalue weighted by Gasteiger charge is -2.25. The molecule has 3 heteroatoms. The molecular formula is C15H13NOS. The van der Waals surface area contributed by atoms with Crippen LogP contribution in [-0.2, 0) is 4.74 Å². The lowest BCUT2D eigenvalue weighted by Crippen LogP contribution is -2.26. The minimum atomic E-state index is -0.110. The van der Waals surface area contributed by atoms with E-state index in [0.29, 0.717) is 6.61 Å². The van der Waals surface area contributed by atoms with Crippen molar-refractivity contribution >= 4 is 22.9 Å². The Hall–Kier alpha value is -1.71. The molecule has 2 nitrogen and oxygen atoms in total. The Morgan fingerprint density at radius 2 is 1.56 bits per heavy atom. The maximum absolute atomic E-state index is 5.80. The number of thiocarbonyl (C=S) groups is 1. The second kappa shape index (κ2) is 4.88. The zero-order valence-corrected chi connectivity index (χ0v) is 10.6. The van der Waals surface area contributed by atoms with E-state index in [1.807, 2.05) is 36.4 Å². The molecule has 90 valence electrons. The molecule has 1 atom stereocenters. The first-order valence-corrected chi connectivity index (χ1v) is 6.31. The van der Waals surface area contributed by atoms with Crippen molar-refractivity contribution < 1.29 is 4.74 Å². The lowest BCUT2D eigenvalue weighted by molar-refractivity contribution is 0.117. The van der Waals surface area contributed by atoms with E-state index in [0.717, 1.165) is 16.2 Å². The van der Waals surface area contributed by atoms with Crippen LogP contribution in [0.25, 0.3) is 0 Å². The van der Waals surface area contributed by atoms with Gasteiger partial charge in [0, 0.05) is 11.3 Å². The molecule has 0 N–H and O–H groups in total. The third kappa shape index (κ3) is 2.03. The van der Waals surface area contributed by atoms with Gasteiger partial charge in [0.25, 0.3) is 0 Å². The molecule has 1 aliphatic heterocycles. The Labute approximate surface area is 112 Å². The van der Waals surface area contributed by atoms with Gasteiger partial charge >= 0.3 is 0 Å². The van der Waals surface area contributed by atoms with Gasteiger partial charge in [-0.1, -0.05) is 60.7 Å². The molecule has 0 amide bonds. The number of anilines is 1. The van der Waals surface area contributed by atoms with Crippen molar-refractivity contribution in [3.8, 4) is 0 Å². The van der Waals surface area contributed by atoms with Gasteiger partial charge in [0.15, 0.2) is 6.23 Å². The summed E-state index contributed by atoms with van der Waals surface area (Å²) < 4.78 is 5.80. The van der Waals surface area contributed by atoms with Crippen molar-refractivity contribution in [2.24, 2.45) is 0 Å². The summed E-state index contributed by atoms with van der Waals surface area (Å²) in [5.74, 6) is 0. The minimum Gasteiger partial charge on any atom is -0.347 e. The maximum atomic E-state index is 5.80. The summed E-state index contributed by atoms with van der Waals surface area (Å²) in [7, 11) is 0. The predicted octanol–water partition coefficient (Wildman–Crippen LogP) is 3.55. The van der Waals surface area contributed by atoms with Crippen LogP contribution in [0.15, 0.2) is 60.7 Å². The summed E-state index contributed by atoms with van der Waals surface area (Å²) in [6, 6.07) is 20.3. The molecule has 1 aliphatic rings. The fourth-order valence-electron chi connectivity index (χ4n) is 2.16. The van der Waals surface area contributed by atoms with Gasteiger partial charge in [-0.05, 0) is 12.1 Å². The standard InChI is InChI=1S/C15H13NOS/c18-14-11-17-15(12-7-3-1-4-8-12)16(14)13-9-5-2-6-10-13/h1-10,15H,11H2/t15-/m1/s1. The van der Waals surface area contributed by atoms with E-state index in [1.165, 1.54) is 0 Å². The second-order valence-corrected chi connectivity index (χ2v) is 4.64. The molecule has 1 heterocycles. The van der Waals surface area contributed by atoms with Crippen LogP contribution in [0.5, 0.6) is 0 Å². The number of nitrogens with zero attached hydrogens (tertiary/aromatic N) is 1. The van der Waals surface area contributed by atoms with Crippen molar-refractivity contribution in [3.63, 3.8) is 0 Å². The zero-order chi connectivity index (χ0) is 12.4. The molecule has 1 fully saturated rings. The summed E-state index contributed by atoms with van der Waals surface area (Å²) >= 11 is 5.40. The Morgan fingerprint density at radius 1 is 0.944 bits per heavy atom. The van der Waals surface area contributed by atoms with Gasteiger partial charge in [0.2, 0.25) is 0 Å². The Balaban J connectivity index is 1.98. The van der Waals surface area contributed by atoms with Crippen molar-refractivity contribution in [1.82, 2.24) is 0 Å². The number of ether oxygens (including phenoxy) is 1. The molecular weight excluding hydrogens is 242 g/mol. The van der Waals surface area contributed by atoms with Gasteiger partial charge in [0.1, 0.15) is 11.6 Å². The highest BCUT2D eigenvalue weighted by molar-refractivity contribution is 7.80. The molecule has 0 aromatic heterocycles. The Kier molecular flexibility index (Phi) is 3.09. The van der Waals surface area contributed by atoms with E-state index < -0.39 is 0 Å². The molecule has 0 unspecified atom stereocenters. The Bertz CT molecular complexity index is 541. The fourth-order valence-corrected chi connectivity index (χ4v) is 2.43. The first kappa shape index (κ1) is 11.4. The molecule has 0 radical (unpaired) electrons. The van der Waals surface area contributed by atoms with Crippen LogP contribution in [0.4, 0.5) is 5.69 Å². The van der Waals surface area contributed by atoms with Crippen LogP contribution in [0.3, 0.4) is 0 Å². The third-order valence-electron chi connectivity index (χ3n) is 2.99. The van der Waals surface area contributed by atoms with Crippen molar-refractivity contribution in [2.45, 2.75) is 6.23 Å². The van der Waals surface area contributed by atoms with Gasteiger partial charge in [0.05, 0.1) is 0 Å². The first-order valence-electron chi connectivity index (χ1n) is 5.90. The minimum absolute atomic E-state index is 0.110. The van der Waals surface area contributed by atoms with Gasteiger partial charge in [-0.25, -0.2) is 0 Å². The smallest absolute Gasteiger partial charge is 0.161 e. The molecule has 3 rings (SSSR count). The number of benzene rings is 2. The summed E-state index contributed by atoms with van der Waals surface area (Å²) in [5, 5.41) is 0. The average Bonchev–Trinajstić information content (AvgIpc) is 2.83. The summed E-state index contributed by atoms with van der Waals surface area (Å²) in [4.78, 5) is 2.90. The normalized spacial score (nSPS) is 19.2. The third-order valence-corrected chi connectivity index (χ3v) is 3.30. The lowest BCUT2D eigenvalue weighted by atomic mass is 10.1. The number of rotatable bonds is 2. The van der Waals surface area contributed by atoms with E-state index in [1.54, 1.807) is 0 Å². The van der Waals surface area contributed by atoms with Crippen LogP contribution in [0, 0.1) is 0 Å². The summed E-state index contributed by atoms with van der Waals surface area (Å²) in [6.45, 7) is 0.504. The quantitative estimate of drug-likeness (QED) is 0.761. The highest BCUT2D eigenvalue weighted by atomic mass is 32.1. The van der Waals surface area contributed by atoms with Crippen molar-refractivity contribution in [2.75, 3.05) is 11.5 Å². The molecule has 2 aromatic rings. The number of hydrogen-bond donors (Lipinski definition) is 0. The topological polar surface area (TPSA) is 12.5 Å². The van der Waals surface area contributed by atoms with Crippen LogP contribution in [0.1, 0.15) is 11.8 Å². The zero-order valence-electron chi connectivity index (χ0n) is 9.82. The van der Waals surface area contributed by atoms with Crippen molar-refractivity contribution in [3.05, 3.63) is 66.2 Å². The van der Waals surface area contributed by atoms with Crippen LogP contribution >= 0.6 is 12.2 Å². The van der Waals surface area contributed by atoms with Crippen LogP contribution in [-0.4, -0.2) is 11.6 Å². The molecule has 0 saturated carbocycles. The van der Waals surface area contributed by atoms with E-state index >= 15 is 0 Å². The SMILES string of the molecule is S=C1CO[C@H](c2ccccc2)N1c1ccccc1. The number of hydrogen-bond acceptors (Lipinski definition) is 2. The highest BCUT2D eigenvalue weighted by Crippen LogP contribution is 2.32. The van der Waals surface area contributed by atoms with Crippen LogP contribution in [0.2, 0.25) is 0 Å². The molecule has 0 aliphatic carbocycles. The van der Waals surface area contributed by atoms with Gasteiger partial charge in [-0.3, -0.25) is 0 Å².